The van der Waals surface area contributed by atoms with Gasteiger partial charge in [0, 0.05) is 25.5 Å². The van der Waals surface area contributed by atoms with Crippen LogP contribution >= 0.6 is 0 Å². The molecule has 0 aromatic carbocycles. The third kappa shape index (κ3) is 16.6. The van der Waals surface area contributed by atoms with Crippen molar-refractivity contribution in [1.29, 1.82) is 0 Å². The first kappa shape index (κ1) is 30.4. The Balaban J connectivity index is 2.10. The van der Waals surface area contributed by atoms with E-state index in [0.29, 0.717) is 6.17 Å². The molecule has 0 bridgehead atoms. The average Bonchev–Trinajstić information content (AvgIpc) is 3.21. The van der Waals surface area contributed by atoms with Crippen molar-refractivity contribution in [2.24, 2.45) is 0 Å². The van der Waals surface area contributed by atoms with Crippen molar-refractivity contribution in [3.8, 4) is 0 Å². The molecule has 1 unspecified atom stereocenters. The second kappa shape index (κ2) is 23.1. The van der Waals surface area contributed by atoms with Gasteiger partial charge >= 0.3 is 0 Å². The topological polar surface area (TPSA) is 6.48 Å². The zero-order chi connectivity index (χ0) is 23.8. The molecule has 0 saturated heterocycles. The quantitative estimate of drug-likeness (QED) is 0.124. The van der Waals surface area contributed by atoms with E-state index in [4.69, 9.17) is 0 Å². The molecule has 1 aliphatic heterocycles. The summed E-state index contributed by atoms with van der Waals surface area (Å²) in [5, 5.41) is 0. The van der Waals surface area contributed by atoms with Crippen molar-refractivity contribution >= 4 is 0 Å². The maximum atomic E-state index is 2.67. The first-order valence-electron chi connectivity index (χ1n) is 15.5. The molecule has 0 aromatic rings. The Morgan fingerprint density at radius 1 is 0.394 bits per heavy atom. The third-order valence-corrected chi connectivity index (χ3v) is 7.57. The van der Waals surface area contributed by atoms with Gasteiger partial charge in [-0.15, -0.1) is 0 Å². The first-order chi connectivity index (χ1) is 16.3. The molecule has 0 N–H and O–H groups in total. The molecule has 1 aliphatic rings. The maximum absolute atomic E-state index is 2.67. The van der Waals surface area contributed by atoms with Gasteiger partial charge in [-0.2, -0.15) is 0 Å². The molecule has 1 atom stereocenters. The molecule has 33 heavy (non-hydrogen) atoms. The molecule has 2 nitrogen and oxygen atoms in total. The lowest BCUT2D eigenvalue weighted by Gasteiger charge is -2.33. The number of hydrogen-bond donors (Lipinski definition) is 0. The van der Waals surface area contributed by atoms with Gasteiger partial charge in [-0.05, 0) is 25.7 Å². The molecule has 0 fully saturated rings. The summed E-state index contributed by atoms with van der Waals surface area (Å²) in [4.78, 5) is 5.34. The number of nitrogens with zero attached hydrogens (tertiary/aromatic N) is 2. The summed E-state index contributed by atoms with van der Waals surface area (Å²) in [6, 6.07) is 0. The maximum Gasteiger partial charge on any atom is 0.101 e. The summed E-state index contributed by atoms with van der Waals surface area (Å²) in [5.74, 6) is 0. The van der Waals surface area contributed by atoms with Gasteiger partial charge in [-0.3, -0.25) is 0 Å². The van der Waals surface area contributed by atoms with Crippen LogP contribution in [0.25, 0.3) is 0 Å². The molecule has 0 aromatic heterocycles. The smallest absolute Gasteiger partial charge is 0.101 e. The van der Waals surface area contributed by atoms with Crippen molar-refractivity contribution in [2.75, 3.05) is 13.1 Å². The Kier molecular flexibility index (Phi) is 21.3. The van der Waals surface area contributed by atoms with E-state index in [1.54, 1.807) is 0 Å². The molecule has 0 radical (unpaired) electrons. The standard InChI is InChI=1S/C31H62N2/c1-4-7-10-12-14-15-16-17-18-19-20-22-25-28-33-30-29-32(31(33)26-23-9-6-3)27-24-21-13-11-8-5-2/h29-31H,4-28H2,1-3H3. The minimum absolute atomic E-state index is 0.643. The second-order valence-corrected chi connectivity index (χ2v) is 10.8. The molecule has 1 rings (SSSR count). The Hall–Kier alpha value is -0.660. The Labute approximate surface area is 210 Å². The van der Waals surface area contributed by atoms with E-state index in [0.717, 1.165) is 0 Å². The normalized spacial score (nSPS) is 15.8. The highest BCUT2D eigenvalue weighted by molar-refractivity contribution is 4.96. The van der Waals surface area contributed by atoms with Gasteiger partial charge in [0.1, 0.15) is 6.17 Å². The van der Waals surface area contributed by atoms with Crippen molar-refractivity contribution in [3.05, 3.63) is 12.4 Å². The van der Waals surface area contributed by atoms with Crippen molar-refractivity contribution < 1.29 is 0 Å². The van der Waals surface area contributed by atoms with Gasteiger partial charge < -0.3 is 9.80 Å². The molecule has 0 aliphatic carbocycles. The molecular formula is C31H62N2. The van der Waals surface area contributed by atoms with Crippen LogP contribution in [0.15, 0.2) is 12.4 Å². The number of hydrogen-bond acceptors (Lipinski definition) is 2. The van der Waals surface area contributed by atoms with Gasteiger partial charge in [-0.1, -0.05) is 143 Å². The summed E-state index contributed by atoms with van der Waals surface area (Å²) in [6.07, 6.45) is 38.0. The van der Waals surface area contributed by atoms with E-state index in [1.807, 2.05) is 0 Å². The highest BCUT2D eigenvalue weighted by Gasteiger charge is 2.24. The Morgan fingerprint density at radius 3 is 1.06 bits per heavy atom. The highest BCUT2D eigenvalue weighted by atomic mass is 15.4. The zero-order valence-corrected chi connectivity index (χ0v) is 23.3. The number of rotatable bonds is 25. The van der Waals surface area contributed by atoms with Gasteiger partial charge in [0.15, 0.2) is 0 Å². The summed E-state index contributed by atoms with van der Waals surface area (Å²) < 4.78 is 0. The van der Waals surface area contributed by atoms with E-state index < -0.39 is 0 Å². The van der Waals surface area contributed by atoms with Gasteiger partial charge in [0.25, 0.3) is 0 Å². The van der Waals surface area contributed by atoms with Crippen LogP contribution in [0.2, 0.25) is 0 Å². The van der Waals surface area contributed by atoms with Crippen LogP contribution in [0.1, 0.15) is 168 Å². The fraction of sp³-hybridized carbons (Fsp3) is 0.935. The van der Waals surface area contributed by atoms with E-state index in [1.165, 1.54) is 161 Å². The SMILES string of the molecule is CCCCCCCCCCCCCCCN1C=CN(CCCCCCCC)C1CCCCC. The summed E-state index contributed by atoms with van der Waals surface area (Å²) in [6.45, 7) is 9.46. The fourth-order valence-corrected chi connectivity index (χ4v) is 5.30. The summed E-state index contributed by atoms with van der Waals surface area (Å²) in [5.41, 5.74) is 0. The highest BCUT2D eigenvalue weighted by Crippen LogP contribution is 2.23. The number of unbranched alkanes of at least 4 members (excludes halogenated alkanes) is 19. The van der Waals surface area contributed by atoms with Gasteiger partial charge in [0.05, 0.1) is 0 Å². The van der Waals surface area contributed by atoms with Crippen molar-refractivity contribution in [3.63, 3.8) is 0 Å². The molecule has 0 saturated carbocycles. The van der Waals surface area contributed by atoms with Crippen molar-refractivity contribution in [2.45, 2.75) is 175 Å². The first-order valence-corrected chi connectivity index (χ1v) is 15.5. The monoisotopic (exact) mass is 462 g/mol. The van der Waals surface area contributed by atoms with Gasteiger partial charge in [0.2, 0.25) is 0 Å². The van der Waals surface area contributed by atoms with Crippen LogP contribution in [0.5, 0.6) is 0 Å². The molecule has 2 heteroatoms. The predicted octanol–water partition coefficient (Wildman–Crippen LogP) is 10.4. The summed E-state index contributed by atoms with van der Waals surface area (Å²) >= 11 is 0. The summed E-state index contributed by atoms with van der Waals surface area (Å²) in [7, 11) is 0. The lowest BCUT2D eigenvalue weighted by atomic mass is 10.0. The Morgan fingerprint density at radius 2 is 0.697 bits per heavy atom. The lowest BCUT2D eigenvalue weighted by Crippen LogP contribution is -2.39. The van der Waals surface area contributed by atoms with E-state index in [9.17, 15) is 0 Å². The van der Waals surface area contributed by atoms with E-state index in [2.05, 4.69) is 43.0 Å². The van der Waals surface area contributed by atoms with Crippen LogP contribution in [0.3, 0.4) is 0 Å². The minimum atomic E-state index is 0.643. The van der Waals surface area contributed by atoms with Crippen LogP contribution in [-0.2, 0) is 0 Å². The Bertz CT molecular complexity index is 419. The largest absolute Gasteiger partial charge is 0.356 e. The predicted molar refractivity (Wildman–Crippen MR) is 150 cm³/mol. The zero-order valence-electron chi connectivity index (χ0n) is 23.3. The molecular weight excluding hydrogens is 400 g/mol. The lowest BCUT2D eigenvalue weighted by molar-refractivity contribution is 0.135. The van der Waals surface area contributed by atoms with Crippen molar-refractivity contribution in [1.82, 2.24) is 9.80 Å². The molecule has 1 heterocycles. The van der Waals surface area contributed by atoms with Crippen LogP contribution in [0.4, 0.5) is 0 Å². The third-order valence-electron chi connectivity index (χ3n) is 7.57. The van der Waals surface area contributed by atoms with Gasteiger partial charge in [-0.25, -0.2) is 0 Å². The van der Waals surface area contributed by atoms with Crippen LogP contribution < -0.4 is 0 Å². The molecule has 196 valence electrons. The molecule has 0 amide bonds. The average molecular weight is 463 g/mol. The van der Waals surface area contributed by atoms with Crippen LogP contribution in [-0.4, -0.2) is 29.1 Å². The fourth-order valence-electron chi connectivity index (χ4n) is 5.30. The van der Waals surface area contributed by atoms with Crippen LogP contribution in [0, 0.1) is 0 Å². The van der Waals surface area contributed by atoms with E-state index in [-0.39, 0.29) is 0 Å². The minimum Gasteiger partial charge on any atom is -0.356 e. The second-order valence-electron chi connectivity index (χ2n) is 10.8. The molecule has 0 spiro atoms. The van der Waals surface area contributed by atoms with E-state index >= 15 is 0 Å².